The average molecular weight is 292 g/mol. The zero-order valence-electron chi connectivity index (χ0n) is 12.4. The standard InChI is InChI=1S/C16H24N2OS/c1-3-11-17-14-8-5-4-7-13(14)15(19)18-12-16(20-2)9-6-10-16/h4-5,7-8,17H,3,6,9-12H2,1-2H3,(H,18,19). The van der Waals surface area contributed by atoms with E-state index in [1.54, 1.807) is 0 Å². The molecule has 0 atom stereocenters. The molecule has 0 aliphatic heterocycles. The minimum absolute atomic E-state index is 0.0320. The summed E-state index contributed by atoms with van der Waals surface area (Å²) in [6.07, 6.45) is 6.90. The fourth-order valence-corrected chi connectivity index (χ4v) is 3.37. The van der Waals surface area contributed by atoms with E-state index in [0.29, 0.717) is 0 Å². The topological polar surface area (TPSA) is 41.1 Å². The molecule has 1 amide bonds. The van der Waals surface area contributed by atoms with Gasteiger partial charge >= 0.3 is 0 Å². The SMILES string of the molecule is CCCNc1ccccc1C(=O)NCC1(SC)CCC1. The van der Waals surface area contributed by atoms with Crippen LogP contribution in [0.3, 0.4) is 0 Å². The van der Waals surface area contributed by atoms with E-state index in [2.05, 4.69) is 23.8 Å². The molecule has 1 aliphatic carbocycles. The summed E-state index contributed by atoms with van der Waals surface area (Å²) in [6, 6.07) is 7.74. The first-order valence-electron chi connectivity index (χ1n) is 7.37. The first-order chi connectivity index (χ1) is 9.71. The minimum atomic E-state index is 0.0320. The number of carbonyl (C=O) groups excluding carboxylic acids is 1. The quantitative estimate of drug-likeness (QED) is 0.808. The van der Waals surface area contributed by atoms with Gasteiger partial charge in [-0.3, -0.25) is 4.79 Å². The van der Waals surface area contributed by atoms with Gasteiger partial charge < -0.3 is 10.6 Å². The zero-order chi connectivity index (χ0) is 14.4. The van der Waals surface area contributed by atoms with Gasteiger partial charge in [-0.2, -0.15) is 11.8 Å². The Bertz CT molecular complexity index is 452. The Morgan fingerprint density at radius 3 is 2.70 bits per heavy atom. The molecule has 1 aromatic carbocycles. The van der Waals surface area contributed by atoms with Crippen LogP contribution >= 0.6 is 11.8 Å². The number of para-hydroxylation sites is 1. The Labute approximate surface area is 125 Å². The molecule has 110 valence electrons. The summed E-state index contributed by atoms with van der Waals surface area (Å²) in [5.74, 6) is 0.0320. The van der Waals surface area contributed by atoms with Crippen molar-refractivity contribution in [1.82, 2.24) is 5.32 Å². The van der Waals surface area contributed by atoms with Crippen LogP contribution in [0.1, 0.15) is 43.0 Å². The van der Waals surface area contributed by atoms with Crippen molar-refractivity contribution in [1.29, 1.82) is 0 Å². The van der Waals surface area contributed by atoms with Crippen LogP contribution in [0.4, 0.5) is 5.69 Å². The molecule has 0 aromatic heterocycles. The lowest BCUT2D eigenvalue weighted by Gasteiger charge is -2.40. The molecule has 0 radical (unpaired) electrons. The lowest BCUT2D eigenvalue weighted by Crippen LogP contribution is -2.45. The number of nitrogens with one attached hydrogen (secondary N) is 2. The lowest BCUT2D eigenvalue weighted by atomic mass is 9.84. The number of thioether (sulfide) groups is 1. The van der Waals surface area contributed by atoms with E-state index in [-0.39, 0.29) is 10.7 Å². The smallest absolute Gasteiger partial charge is 0.253 e. The normalized spacial score (nSPS) is 16.3. The van der Waals surface area contributed by atoms with Gasteiger partial charge in [0, 0.05) is 23.5 Å². The number of rotatable bonds is 7. The Balaban J connectivity index is 1.98. The molecular weight excluding hydrogens is 268 g/mol. The van der Waals surface area contributed by atoms with Gasteiger partial charge in [0.05, 0.1) is 5.56 Å². The van der Waals surface area contributed by atoms with Gasteiger partial charge in [-0.05, 0) is 37.7 Å². The number of benzene rings is 1. The van der Waals surface area contributed by atoms with Gasteiger partial charge in [-0.25, -0.2) is 0 Å². The molecule has 2 N–H and O–H groups in total. The van der Waals surface area contributed by atoms with Crippen molar-refractivity contribution >= 4 is 23.4 Å². The van der Waals surface area contributed by atoms with Crippen LogP contribution in [0, 0.1) is 0 Å². The Hall–Kier alpha value is -1.16. The fourth-order valence-electron chi connectivity index (χ4n) is 2.46. The molecule has 0 bridgehead atoms. The third-order valence-electron chi connectivity index (χ3n) is 4.01. The van der Waals surface area contributed by atoms with E-state index in [9.17, 15) is 4.79 Å². The first kappa shape index (κ1) is 15.2. The van der Waals surface area contributed by atoms with Crippen LogP contribution in [0.25, 0.3) is 0 Å². The molecule has 1 aliphatic rings. The van der Waals surface area contributed by atoms with Crippen molar-refractivity contribution in [2.75, 3.05) is 24.7 Å². The molecule has 1 fully saturated rings. The number of amides is 1. The highest BCUT2D eigenvalue weighted by Gasteiger charge is 2.36. The Morgan fingerprint density at radius 2 is 2.10 bits per heavy atom. The van der Waals surface area contributed by atoms with Gasteiger partial charge in [0.1, 0.15) is 0 Å². The molecular formula is C16H24N2OS. The van der Waals surface area contributed by atoms with Gasteiger partial charge in [0.25, 0.3) is 5.91 Å². The molecule has 0 unspecified atom stereocenters. The van der Waals surface area contributed by atoms with Crippen LogP contribution in [0.5, 0.6) is 0 Å². The largest absolute Gasteiger partial charge is 0.384 e. The monoisotopic (exact) mass is 292 g/mol. The molecule has 1 saturated carbocycles. The second-order valence-corrected chi connectivity index (χ2v) is 6.67. The lowest BCUT2D eigenvalue weighted by molar-refractivity contribution is 0.0944. The molecule has 0 heterocycles. The summed E-state index contributed by atoms with van der Waals surface area (Å²) in [7, 11) is 0. The van der Waals surface area contributed by atoms with E-state index in [1.165, 1.54) is 19.3 Å². The summed E-state index contributed by atoms with van der Waals surface area (Å²) in [6.45, 7) is 3.78. The molecule has 20 heavy (non-hydrogen) atoms. The van der Waals surface area contributed by atoms with Crippen molar-refractivity contribution in [3.05, 3.63) is 29.8 Å². The number of hydrogen-bond acceptors (Lipinski definition) is 3. The third kappa shape index (κ3) is 3.48. The molecule has 1 aromatic rings. The van der Waals surface area contributed by atoms with Crippen LogP contribution in [0.2, 0.25) is 0 Å². The van der Waals surface area contributed by atoms with Crippen molar-refractivity contribution < 1.29 is 4.79 Å². The third-order valence-corrected chi connectivity index (χ3v) is 5.42. The van der Waals surface area contributed by atoms with Crippen molar-refractivity contribution in [2.24, 2.45) is 0 Å². The highest BCUT2D eigenvalue weighted by molar-refractivity contribution is 8.00. The Morgan fingerprint density at radius 1 is 1.35 bits per heavy atom. The number of carbonyl (C=O) groups is 1. The first-order valence-corrected chi connectivity index (χ1v) is 8.59. The summed E-state index contributed by atoms with van der Waals surface area (Å²) >= 11 is 1.88. The maximum absolute atomic E-state index is 12.4. The maximum atomic E-state index is 12.4. The minimum Gasteiger partial charge on any atom is -0.384 e. The molecule has 0 spiro atoms. The van der Waals surface area contributed by atoms with E-state index < -0.39 is 0 Å². The van der Waals surface area contributed by atoms with Crippen LogP contribution in [-0.2, 0) is 0 Å². The molecule has 2 rings (SSSR count). The highest BCUT2D eigenvalue weighted by atomic mass is 32.2. The maximum Gasteiger partial charge on any atom is 0.253 e. The van der Waals surface area contributed by atoms with E-state index in [0.717, 1.165) is 30.8 Å². The van der Waals surface area contributed by atoms with Gasteiger partial charge in [-0.15, -0.1) is 0 Å². The predicted octanol–water partition coefficient (Wildman–Crippen LogP) is 3.52. The van der Waals surface area contributed by atoms with Crippen molar-refractivity contribution in [3.8, 4) is 0 Å². The van der Waals surface area contributed by atoms with Gasteiger partial charge in [0.15, 0.2) is 0 Å². The summed E-state index contributed by atoms with van der Waals surface area (Å²) in [5, 5.41) is 6.43. The fraction of sp³-hybridized carbons (Fsp3) is 0.562. The van der Waals surface area contributed by atoms with E-state index in [1.807, 2.05) is 36.0 Å². The van der Waals surface area contributed by atoms with Gasteiger partial charge in [0.2, 0.25) is 0 Å². The molecule has 4 heteroatoms. The second kappa shape index (κ2) is 7.02. The van der Waals surface area contributed by atoms with Crippen LogP contribution in [-0.4, -0.2) is 30.0 Å². The van der Waals surface area contributed by atoms with Crippen LogP contribution < -0.4 is 10.6 Å². The van der Waals surface area contributed by atoms with Crippen molar-refractivity contribution in [3.63, 3.8) is 0 Å². The molecule has 3 nitrogen and oxygen atoms in total. The summed E-state index contributed by atoms with van der Waals surface area (Å²) in [4.78, 5) is 12.4. The van der Waals surface area contributed by atoms with Crippen molar-refractivity contribution in [2.45, 2.75) is 37.4 Å². The Kier molecular flexibility index (Phi) is 5.35. The second-order valence-electron chi connectivity index (χ2n) is 5.40. The van der Waals surface area contributed by atoms with Crippen LogP contribution in [0.15, 0.2) is 24.3 Å². The summed E-state index contributed by atoms with van der Waals surface area (Å²) < 4.78 is 0.279. The number of anilines is 1. The molecule has 0 saturated heterocycles. The average Bonchev–Trinajstić information content (AvgIpc) is 2.44. The number of hydrogen-bond donors (Lipinski definition) is 2. The predicted molar refractivity (Wildman–Crippen MR) is 87.7 cm³/mol. The van der Waals surface area contributed by atoms with E-state index >= 15 is 0 Å². The zero-order valence-corrected chi connectivity index (χ0v) is 13.2. The van der Waals surface area contributed by atoms with E-state index in [4.69, 9.17) is 0 Å². The highest BCUT2D eigenvalue weighted by Crippen LogP contribution is 2.42. The summed E-state index contributed by atoms with van der Waals surface area (Å²) in [5.41, 5.74) is 1.68. The van der Waals surface area contributed by atoms with Gasteiger partial charge in [-0.1, -0.05) is 25.5 Å².